The number of rotatable bonds is 18. The lowest BCUT2D eigenvalue weighted by molar-refractivity contribution is -0.149. The number of unbranched alkanes of at least 4 members (excludes halogenated alkanes) is 1. The number of aromatic nitrogens is 1. The van der Waals surface area contributed by atoms with E-state index in [-0.39, 0.29) is 30.0 Å². The Labute approximate surface area is 259 Å². The zero-order valence-electron chi connectivity index (χ0n) is 26.3. The summed E-state index contributed by atoms with van der Waals surface area (Å²) in [6.45, 7) is 11.7. The van der Waals surface area contributed by atoms with Gasteiger partial charge in [0.1, 0.15) is 10.7 Å². The van der Waals surface area contributed by atoms with Gasteiger partial charge in [-0.05, 0) is 49.3 Å². The Morgan fingerprint density at radius 3 is 2.30 bits per heavy atom. The Morgan fingerprint density at radius 1 is 1.07 bits per heavy atom. The van der Waals surface area contributed by atoms with Crippen molar-refractivity contribution in [2.75, 3.05) is 12.3 Å². The number of nitrogens with two attached hydrogens (primary N) is 1. The van der Waals surface area contributed by atoms with Gasteiger partial charge in [0.15, 0.2) is 6.10 Å². The Morgan fingerprint density at radius 2 is 1.74 bits per heavy atom. The standard InChI is InChI=1S/C32H48N4O6S/c1-7-9-10-29(38)36(15-8-2)27(20(3)4)18-28(42-22(6)37)31-35-26(19-43-31)30(39)34-25(16-21(5)32(40)41)17-23-11-13-24(33)14-12-23/h11-14,19-21,25,27-28H,7-10,15-18,33H2,1-6H3,(H,34,39)(H,40,41)/t21?,25-,27?,28?/m1/s1. The van der Waals surface area contributed by atoms with Crippen LogP contribution >= 0.6 is 11.3 Å². The van der Waals surface area contributed by atoms with Gasteiger partial charge < -0.3 is 25.8 Å². The molecule has 2 aromatic rings. The fourth-order valence-corrected chi connectivity index (χ4v) is 5.86. The largest absolute Gasteiger partial charge is 0.481 e. The van der Waals surface area contributed by atoms with Gasteiger partial charge in [-0.15, -0.1) is 11.3 Å². The first-order valence-electron chi connectivity index (χ1n) is 15.2. The molecule has 0 aliphatic rings. The molecule has 43 heavy (non-hydrogen) atoms. The van der Waals surface area contributed by atoms with Gasteiger partial charge in [0.25, 0.3) is 5.91 Å². The molecule has 1 aromatic carbocycles. The van der Waals surface area contributed by atoms with Gasteiger partial charge in [-0.25, -0.2) is 4.98 Å². The highest BCUT2D eigenvalue weighted by Crippen LogP contribution is 2.31. The fourth-order valence-electron chi connectivity index (χ4n) is 5.02. The molecule has 0 aliphatic carbocycles. The van der Waals surface area contributed by atoms with Crippen LogP contribution < -0.4 is 11.1 Å². The van der Waals surface area contributed by atoms with Crippen molar-refractivity contribution in [2.45, 2.75) is 105 Å². The van der Waals surface area contributed by atoms with Crippen LogP contribution in [-0.2, 0) is 25.5 Å². The summed E-state index contributed by atoms with van der Waals surface area (Å²) in [4.78, 5) is 56.6. The second-order valence-corrected chi connectivity index (χ2v) is 12.4. The molecule has 238 valence electrons. The molecule has 0 spiro atoms. The summed E-state index contributed by atoms with van der Waals surface area (Å²) in [5.41, 5.74) is 7.49. The van der Waals surface area contributed by atoms with Crippen LogP contribution in [0.3, 0.4) is 0 Å². The number of carbonyl (C=O) groups excluding carboxylic acids is 3. The molecule has 0 aliphatic heterocycles. The first-order chi connectivity index (χ1) is 20.4. The van der Waals surface area contributed by atoms with Crippen LogP contribution in [0.1, 0.15) is 107 Å². The van der Waals surface area contributed by atoms with Crippen LogP contribution in [0.25, 0.3) is 0 Å². The quantitative estimate of drug-likeness (QED) is 0.144. The van der Waals surface area contributed by atoms with Crippen molar-refractivity contribution < 1.29 is 29.0 Å². The van der Waals surface area contributed by atoms with E-state index in [2.05, 4.69) is 17.2 Å². The summed E-state index contributed by atoms with van der Waals surface area (Å²) < 4.78 is 5.71. The van der Waals surface area contributed by atoms with Gasteiger partial charge in [0.05, 0.1) is 5.92 Å². The zero-order valence-corrected chi connectivity index (χ0v) is 27.1. The first kappa shape index (κ1) is 35.7. The number of carboxylic acids is 1. The monoisotopic (exact) mass is 616 g/mol. The van der Waals surface area contributed by atoms with Crippen LogP contribution in [0.5, 0.6) is 0 Å². The van der Waals surface area contributed by atoms with Gasteiger partial charge >= 0.3 is 11.9 Å². The van der Waals surface area contributed by atoms with Gasteiger partial charge in [-0.3, -0.25) is 19.2 Å². The molecule has 4 N–H and O–H groups in total. The van der Waals surface area contributed by atoms with Crippen LogP contribution in [0.4, 0.5) is 5.69 Å². The Balaban J connectivity index is 2.29. The van der Waals surface area contributed by atoms with Crippen LogP contribution in [-0.4, -0.2) is 57.4 Å². The Hall–Kier alpha value is -3.47. The number of nitrogen functional groups attached to an aromatic ring is 1. The third kappa shape index (κ3) is 11.6. The number of thiazole rings is 1. The molecule has 2 amide bonds. The number of benzene rings is 1. The van der Waals surface area contributed by atoms with Crippen molar-refractivity contribution >= 4 is 40.8 Å². The van der Waals surface area contributed by atoms with E-state index in [1.807, 2.05) is 37.8 Å². The highest BCUT2D eigenvalue weighted by atomic mass is 32.1. The predicted octanol–water partition coefficient (Wildman–Crippen LogP) is 5.62. The maximum Gasteiger partial charge on any atom is 0.306 e. The predicted molar refractivity (Wildman–Crippen MR) is 169 cm³/mol. The van der Waals surface area contributed by atoms with E-state index in [1.165, 1.54) is 18.3 Å². The Bertz CT molecular complexity index is 1200. The zero-order chi connectivity index (χ0) is 32.1. The van der Waals surface area contributed by atoms with E-state index in [0.29, 0.717) is 36.5 Å². The topological polar surface area (TPSA) is 152 Å². The number of anilines is 1. The van der Waals surface area contributed by atoms with Crippen molar-refractivity contribution in [2.24, 2.45) is 11.8 Å². The number of nitrogens with one attached hydrogen (secondary N) is 1. The van der Waals surface area contributed by atoms with Crippen molar-refractivity contribution in [3.8, 4) is 0 Å². The maximum absolute atomic E-state index is 13.3. The van der Waals surface area contributed by atoms with Crippen molar-refractivity contribution in [1.82, 2.24) is 15.2 Å². The summed E-state index contributed by atoms with van der Waals surface area (Å²) in [7, 11) is 0. The number of hydrogen-bond acceptors (Lipinski definition) is 8. The minimum atomic E-state index is -0.943. The average molecular weight is 617 g/mol. The van der Waals surface area contributed by atoms with Crippen molar-refractivity contribution in [1.29, 1.82) is 0 Å². The summed E-state index contributed by atoms with van der Waals surface area (Å²) in [5.74, 6) is -2.34. The number of aliphatic carboxylic acids is 1. The lowest BCUT2D eigenvalue weighted by atomic mass is 9.95. The molecule has 11 heteroatoms. The van der Waals surface area contributed by atoms with E-state index < -0.39 is 35.9 Å². The van der Waals surface area contributed by atoms with Gasteiger partial charge in [-0.1, -0.05) is 53.2 Å². The summed E-state index contributed by atoms with van der Waals surface area (Å²) >= 11 is 1.22. The smallest absolute Gasteiger partial charge is 0.306 e. The summed E-state index contributed by atoms with van der Waals surface area (Å²) in [6.07, 6.45) is 3.30. The molecule has 0 saturated carbocycles. The molecule has 0 saturated heterocycles. The summed E-state index contributed by atoms with van der Waals surface area (Å²) in [6, 6.07) is 6.59. The van der Waals surface area contributed by atoms with E-state index in [9.17, 15) is 24.3 Å². The van der Waals surface area contributed by atoms with Gasteiger partial charge in [0.2, 0.25) is 5.91 Å². The van der Waals surface area contributed by atoms with Crippen molar-refractivity contribution in [3.05, 3.63) is 45.9 Å². The van der Waals surface area contributed by atoms with Gasteiger partial charge in [-0.2, -0.15) is 0 Å². The minimum Gasteiger partial charge on any atom is -0.481 e. The number of amides is 2. The van der Waals surface area contributed by atoms with E-state index in [1.54, 1.807) is 24.4 Å². The second kappa shape index (κ2) is 17.6. The third-order valence-corrected chi connectivity index (χ3v) is 8.29. The number of hydrogen-bond donors (Lipinski definition) is 3. The van der Waals surface area contributed by atoms with E-state index in [4.69, 9.17) is 10.5 Å². The molecule has 1 heterocycles. The highest BCUT2D eigenvalue weighted by Gasteiger charge is 2.32. The van der Waals surface area contributed by atoms with Gasteiger partial charge in [0, 0.05) is 49.5 Å². The Kier molecular flexibility index (Phi) is 14.6. The van der Waals surface area contributed by atoms with E-state index >= 15 is 0 Å². The molecule has 0 fully saturated rings. The number of ether oxygens (including phenoxy) is 1. The molecule has 2 rings (SSSR count). The number of nitrogens with zero attached hydrogens (tertiary/aromatic N) is 2. The average Bonchev–Trinajstić information content (AvgIpc) is 3.44. The molecule has 0 bridgehead atoms. The highest BCUT2D eigenvalue weighted by molar-refractivity contribution is 7.09. The van der Waals surface area contributed by atoms with Crippen LogP contribution in [0.2, 0.25) is 0 Å². The summed E-state index contributed by atoms with van der Waals surface area (Å²) in [5, 5.41) is 14.5. The van der Waals surface area contributed by atoms with E-state index in [0.717, 1.165) is 24.8 Å². The molecule has 1 aromatic heterocycles. The normalized spacial score (nSPS) is 14.0. The minimum absolute atomic E-state index is 0.0888. The lowest BCUT2D eigenvalue weighted by Gasteiger charge is -2.36. The molecular formula is C32H48N4O6S. The molecule has 10 nitrogen and oxygen atoms in total. The fraction of sp³-hybridized carbons (Fsp3) is 0.594. The molecular weight excluding hydrogens is 568 g/mol. The molecule has 0 radical (unpaired) electrons. The number of esters is 1. The maximum atomic E-state index is 13.3. The van der Waals surface area contributed by atoms with Crippen molar-refractivity contribution in [3.63, 3.8) is 0 Å². The number of carbonyl (C=O) groups is 4. The van der Waals surface area contributed by atoms with Crippen LogP contribution in [0, 0.1) is 11.8 Å². The lowest BCUT2D eigenvalue weighted by Crippen LogP contribution is -2.44. The molecule has 3 unspecified atom stereocenters. The second-order valence-electron chi connectivity index (χ2n) is 11.5. The first-order valence-corrected chi connectivity index (χ1v) is 16.0. The van der Waals surface area contributed by atoms with Crippen LogP contribution in [0.15, 0.2) is 29.6 Å². The SMILES string of the molecule is CCCCC(=O)N(CCC)C(CC(OC(C)=O)c1nc(C(=O)N[C@@H](Cc2ccc(N)cc2)CC(C)C(=O)O)cs1)C(C)C. The third-order valence-electron chi connectivity index (χ3n) is 7.35. The molecule has 4 atom stereocenters. The number of carboxylic acid groups (broad SMARTS) is 1.